The molecule has 1 aromatic carbocycles. The predicted molar refractivity (Wildman–Crippen MR) is 97.8 cm³/mol. The molecule has 3 rings (SSSR count). The van der Waals surface area contributed by atoms with Crippen molar-refractivity contribution >= 4 is 39.1 Å². The van der Waals surface area contributed by atoms with Crippen LogP contribution in [0.3, 0.4) is 0 Å². The highest BCUT2D eigenvalue weighted by Gasteiger charge is 2.38. The smallest absolute Gasteiger partial charge is 0.410 e. The molecular formula is C18H22ClNO3S. The fourth-order valence-electron chi connectivity index (χ4n) is 2.89. The third kappa shape index (κ3) is 3.53. The molecule has 1 saturated heterocycles. The molecule has 0 atom stereocenters. The molecule has 1 aliphatic heterocycles. The first-order valence-electron chi connectivity index (χ1n) is 8.07. The van der Waals surface area contributed by atoms with Crippen molar-refractivity contribution in [3.8, 4) is 0 Å². The summed E-state index contributed by atoms with van der Waals surface area (Å²) in [6, 6.07) is 7.76. The summed E-state index contributed by atoms with van der Waals surface area (Å²) in [4.78, 5) is 14.7. The normalized spacial score (nSPS) is 18.0. The van der Waals surface area contributed by atoms with Crippen LogP contribution < -0.4 is 0 Å². The fraction of sp³-hybridized carbons (Fsp3) is 0.500. The van der Waals surface area contributed by atoms with Gasteiger partial charge in [0.05, 0.1) is 0 Å². The molecule has 4 nitrogen and oxygen atoms in total. The lowest BCUT2D eigenvalue weighted by Crippen LogP contribution is -2.46. The molecule has 130 valence electrons. The average molecular weight is 368 g/mol. The van der Waals surface area contributed by atoms with Crippen molar-refractivity contribution in [1.29, 1.82) is 0 Å². The summed E-state index contributed by atoms with van der Waals surface area (Å²) in [5.41, 5.74) is -1.42. The molecule has 0 aliphatic carbocycles. The number of piperidine rings is 1. The number of benzene rings is 1. The molecule has 1 fully saturated rings. The van der Waals surface area contributed by atoms with Gasteiger partial charge in [0, 0.05) is 33.1 Å². The van der Waals surface area contributed by atoms with Gasteiger partial charge < -0.3 is 14.7 Å². The van der Waals surface area contributed by atoms with Crippen LogP contribution in [0.5, 0.6) is 0 Å². The first kappa shape index (κ1) is 17.5. The Labute approximate surface area is 151 Å². The number of aliphatic hydroxyl groups is 1. The Balaban J connectivity index is 1.74. The number of hydrogen-bond acceptors (Lipinski definition) is 4. The van der Waals surface area contributed by atoms with Crippen molar-refractivity contribution in [2.24, 2.45) is 0 Å². The summed E-state index contributed by atoms with van der Waals surface area (Å²) in [5, 5.41) is 12.7. The van der Waals surface area contributed by atoms with E-state index in [1.165, 1.54) is 0 Å². The highest BCUT2D eigenvalue weighted by molar-refractivity contribution is 7.19. The van der Waals surface area contributed by atoms with Gasteiger partial charge >= 0.3 is 6.09 Å². The van der Waals surface area contributed by atoms with Gasteiger partial charge in [0.2, 0.25) is 0 Å². The Morgan fingerprint density at radius 2 is 2.00 bits per heavy atom. The number of carbonyl (C=O) groups excluding carboxylic acids is 1. The number of carbonyl (C=O) groups is 1. The minimum absolute atomic E-state index is 0.316. The summed E-state index contributed by atoms with van der Waals surface area (Å²) < 4.78 is 6.48. The standard InChI is InChI=1S/C18H22ClNO3S/c1-17(2,3)23-16(21)20-9-7-18(22,8-10-20)15-11-12-13(19)5-4-6-14(12)24-15/h4-6,11,22H,7-10H2,1-3H3. The number of ether oxygens (including phenoxy) is 1. The Hall–Kier alpha value is -1.30. The molecule has 1 aliphatic rings. The second-order valence-corrected chi connectivity index (χ2v) is 8.75. The third-order valence-corrected chi connectivity index (χ3v) is 5.83. The van der Waals surface area contributed by atoms with Crippen LogP contribution in [0.4, 0.5) is 4.79 Å². The van der Waals surface area contributed by atoms with Crippen LogP contribution in [0.1, 0.15) is 38.5 Å². The molecule has 1 aromatic heterocycles. The third-order valence-electron chi connectivity index (χ3n) is 4.21. The van der Waals surface area contributed by atoms with Gasteiger partial charge in [0.15, 0.2) is 0 Å². The summed E-state index contributed by atoms with van der Waals surface area (Å²) in [6.07, 6.45) is 0.678. The lowest BCUT2D eigenvalue weighted by atomic mass is 9.90. The van der Waals surface area contributed by atoms with E-state index < -0.39 is 11.2 Å². The van der Waals surface area contributed by atoms with Crippen LogP contribution in [0.25, 0.3) is 10.1 Å². The van der Waals surface area contributed by atoms with Gasteiger partial charge in [-0.2, -0.15) is 0 Å². The molecule has 6 heteroatoms. The molecule has 0 saturated carbocycles. The zero-order valence-corrected chi connectivity index (χ0v) is 15.7. The lowest BCUT2D eigenvalue weighted by molar-refractivity contribution is -0.0334. The Bertz CT molecular complexity index is 757. The van der Waals surface area contributed by atoms with Crippen molar-refractivity contribution in [1.82, 2.24) is 4.90 Å². The van der Waals surface area contributed by atoms with Crippen molar-refractivity contribution in [3.05, 3.63) is 34.2 Å². The van der Waals surface area contributed by atoms with E-state index in [2.05, 4.69) is 0 Å². The number of halogens is 1. The maximum Gasteiger partial charge on any atom is 0.410 e. The first-order valence-corrected chi connectivity index (χ1v) is 9.26. The molecule has 0 unspecified atom stereocenters. The van der Waals surface area contributed by atoms with E-state index in [0.29, 0.717) is 31.0 Å². The van der Waals surface area contributed by atoms with E-state index in [1.807, 2.05) is 45.0 Å². The number of thiophene rings is 1. The van der Waals surface area contributed by atoms with Crippen molar-refractivity contribution in [2.45, 2.75) is 44.8 Å². The maximum absolute atomic E-state index is 12.2. The van der Waals surface area contributed by atoms with Gasteiger partial charge in [0.1, 0.15) is 11.2 Å². The van der Waals surface area contributed by atoms with E-state index >= 15 is 0 Å². The molecule has 2 heterocycles. The van der Waals surface area contributed by atoms with Gasteiger partial charge in [-0.25, -0.2) is 4.79 Å². The van der Waals surface area contributed by atoms with E-state index in [9.17, 15) is 9.90 Å². The van der Waals surface area contributed by atoms with Gasteiger partial charge in [-0.3, -0.25) is 0 Å². The Kier molecular flexibility index (Phi) is 4.53. The minimum Gasteiger partial charge on any atom is -0.444 e. The zero-order chi connectivity index (χ0) is 17.5. The Morgan fingerprint density at radius 3 is 2.58 bits per heavy atom. The lowest BCUT2D eigenvalue weighted by Gasteiger charge is -2.38. The number of hydrogen-bond donors (Lipinski definition) is 1. The second-order valence-electron chi connectivity index (χ2n) is 7.26. The van der Waals surface area contributed by atoms with Crippen molar-refractivity contribution in [3.63, 3.8) is 0 Å². The summed E-state index contributed by atoms with van der Waals surface area (Å²) in [6.45, 7) is 6.52. The van der Waals surface area contributed by atoms with E-state index in [1.54, 1.807) is 16.2 Å². The molecule has 0 spiro atoms. The Morgan fingerprint density at radius 1 is 1.33 bits per heavy atom. The zero-order valence-electron chi connectivity index (χ0n) is 14.1. The van der Waals surface area contributed by atoms with Crippen LogP contribution in [0.2, 0.25) is 5.02 Å². The van der Waals surface area contributed by atoms with Gasteiger partial charge in [-0.15, -0.1) is 11.3 Å². The molecule has 0 bridgehead atoms. The molecule has 1 N–H and O–H groups in total. The second kappa shape index (κ2) is 6.21. The quantitative estimate of drug-likeness (QED) is 0.789. The number of likely N-dealkylation sites (tertiary alicyclic amines) is 1. The van der Waals surface area contributed by atoms with E-state index in [4.69, 9.17) is 16.3 Å². The van der Waals surface area contributed by atoms with Gasteiger partial charge in [0.25, 0.3) is 0 Å². The largest absolute Gasteiger partial charge is 0.444 e. The highest BCUT2D eigenvalue weighted by atomic mass is 35.5. The molecule has 0 radical (unpaired) electrons. The number of amides is 1. The van der Waals surface area contributed by atoms with Crippen molar-refractivity contribution < 1.29 is 14.6 Å². The van der Waals surface area contributed by atoms with Crippen LogP contribution >= 0.6 is 22.9 Å². The molecule has 1 amide bonds. The van der Waals surface area contributed by atoms with Crippen LogP contribution in [0, 0.1) is 0 Å². The number of nitrogens with zero attached hydrogens (tertiary/aromatic N) is 1. The average Bonchev–Trinajstić information content (AvgIpc) is 2.92. The summed E-state index contributed by atoms with van der Waals surface area (Å²) in [7, 11) is 0. The van der Waals surface area contributed by atoms with Crippen LogP contribution in [-0.4, -0.2) is 34.8 Å². The van der Waals surface area contributed by atoms with E-state index in [0.717, 1.165) is 15.0 Å². The minimum atomic E-state index is -0.911. The topological polar surface area (TPSA) is 49.8 Å². The first-order chi connectivity index (χ1) is 11.2. The predicted octanol–water partition coefficient (Wildman–Crippen LogP) is 4.77. The molecular weight excluding hydrogens is 346 g/mol. The number of fused-ring (bicyclic) bond motifs is 1. The van der Waals surface area contributed by atoms with Gasteiger partial charge in [-0.05, 0) is 51.8 Å². The van der Waals surface area contributed by atoms with E-state index in [-0.39, 0.29) is 6.09 Å². The maximum atomic E-state index is 12.2. The SMILES string of the molecule is CC(C)(C)OC(=O)N1CCC(O)(c2cc3c(Cl)cccc3s2)CC1. The summed E-state index contributed by atoms with van der Waals surface area (Å²) >= 11 is 7.80. The fourth-order valence-corrected chi connectivity index (χ4v) is 4.41. The van der Waals surface area contributed by atoms with Crippen molar-refractivity contribution in [2.75, 3.05) is 13.1 Å². The van der Waals surface area contributed by atoms with Crippen LogP contribution in [0.15, 0.2) is 24.3 Å². The molecule has 2 aromatic rings. The van der Waals surface area contributed by atoms with Gasteiger partial charge in [-0.1, -0.05) is 17.7 Å². The monoisotopic (exact) mass is 367 g/mol. The highest BCUT2D eigenvalue weighted by Crippen LogP contribution is 2.41. The van der Waals surface area contributed by atoms with Crippen LogP contribution in [-0.2, 0) is 10.3 Å². The summed E-state index contributed by atoms with van der Waals surface area (Å²) in [5.74, 6) is 0. The number of rotatable bonds is 1. The molecule has 24 heavy (non-hydrogen) atoms.